The molecule has 21 heavy (non-hydrogen) atoms. The first-order valence-corrected chi connectivity index (χ1v) is 6.80. The fourth-order valence-electron chi connectivity index (χ4n) is 2.46. The molecule has 1 N–H and O–H groups in total. The highest BCUT2D eigenvalue weighted by atomic mass is 19.4. The van der Waals surface area contributed by atoms with Gasteiger partial charge in [0.15, 0.2) is 11.6 Å². The number of likely N-dealkylation sites (tertiary alicyclic amines) is 1. The second-order valence-electron chi connectivity index (χ2n) is 5.29. The van der Waals surface area contributed by atoms with Crippen molar-refractivity contribution < 1.29 is 22.0 Å². The Morgan fingerprint density at radius 1 is 1.10 bits per heavy atom. The number of nitrogens with one attached hydrogen (secondary N) is 1. The zero-order valence-electron chi connectivity index (χ0n) is 11.4. The maximum absolute atomic E-state index is 13.0. The third kappa shape index (κ3) is 5.24. The monoisotopic (exact) mass is 308 g/mol. The number of benzene rings is 1. The molecule has 0 aliphatic carbocycles. The van der Waals surface area contributed by atoms with Crippen LogP contribution in [0.15, 0.2) is 18.2 Å². The summed E-state index contributed by atoms with van der Waals surface area (Å²) in [5, 5.41) is 3.17. The van der Waals surface area contributed by atoms with Gasteiger partial charge >= 0.3 is 6.18 Å². The number of hydrogen-bond donors (Lipinski definition) is 1. The first-order valence-electron chi connectivity index (χ1n) is 6.80. The summed E-state index contributed by atoms with van der Waals surface area (Å²) >= 11 is 0. The minimum Gasteiger partial charge on any atom is -0.310 e. The van der Waals surface area contributed by atoms with Crippen molar-refractivity contribution in [3.8, 4) is 0 Å². The summed E-state index contributed by atoms with van der Waals surface area (Å²) in [6.07, 6.45) is -2.94. The number of halogens is 5. The highest BCUT2D eigenvalue weighted by Crippen LogP contribution is 2.20. The van der Waals surface area contributed by atoms with Crippen molar-refractivity contribution in [3.63, 3.8) is 0 Å². The van der Waals surface area contributed by atoms with E-state index in [0.29, 0.717) is 38.0 Å². The summed E-state index contributed by atoms with van der Waals surface area (Å²) in [7, 11) is 0. The van der Waals surface area contributed by atoms with Crippen LogP contribution in [-0.4, -0.2) is 36.8 Å². The van der Waals surface area contributed by atoms with Gasteiger partial charge in [-0.05, 0) is 43.6 Å². The van der Waals surface area contributed by atoms with Crippen LogP contribution in [0, 0.1) is 11.6 Å². The number of nitrogens with zero attached hydrogens (tertiary/aromatic N) is 1. The lowest BCUT2D eigenvalue weighted by Gasteiger charge is -2.32. The van der Waals surface area contributed by atoms with Gasteiger partial charge in [0, 0.05) is 12.6 Å². The molecule has 1 fully saturated rings. The highest BCUT2D eigenvalue weighted by molar-refractivity contribution is 5.17. The Balaban J connectivity index is 1.75. The van der Waals surface area contributed by atoms with Crippen molar-refractivity contribution in [2.45, 2.75) is 31.6 Å². The Bertz CT molecular complexity index is 467. The molecule has 1 aromatic rings. The lowest BCUT2D eigenvalue weighted by atomic mass is 10.0. The molecule has 2 nitrogen and oxygen atoms in total. The molecule has 1 heterocycles. The molecule has 1 aliphatic rings. The molecule has 0 aromatic heterocycles. The molecule has 1 saturated heterocycles. The van der Waals surface area contributed by atoms with E-state index in [1.54, 1.807) is 0 Å². The van der Waals surface area contributed by atoms with Gasteiger partial charge in [0.25, 0.3) is 0 Å². The molecule has 1 aromatic carbocycles. The van der Waals surface area contributed by atoms with Crippen LogP contribution in [0.25, 0.3) is 0 Å². The maximum atomic E-state index is 13.0. The van der Waals surface area contributed by atoms with E-state index in [4.69, 9.17) is 0 Å². The standard InChI is InChI=1S/C14H17F5N2/c15-12-2-1-10(7-13(12)16)8-20-11-3-5-21(6-4-11)9-14(17,18)19/h1-2,7,11,20H,3-6,8-9H2. The predicted octanol–water partition coefficient (Wildman–Crippen LogP) is 3.08. The summed E-state index contributed by atoms with van der Waals surface area (Å²) < 4.78 is 62.6. The number of rotatable bonds is 4. The predicted molar refractivity (Wildman–Crippen MR) is 68.7 cm³/mol. The normalized spacial score (nSPS) is 18.1. The topological polar surface area (TPSA) is 15.3 Å². The van der Waals surface area contributed by atoms with Crippen molar-refractivity contribution in [2.75, 3.05) is 19.6 Å². The zero-order chi connectivity index (χ0) is 15.5. The molecule has 1 aliphatic heterocycles. The SMILES string of the molecule is Fc1ccc(CNC2CCN(CC(F)(F)F)CC2)cc1F. The van der Waals surface area contributed by atoms with E-state index in [1.165, 1.54) is 11.0 Å². The van der Waals surface area contributed by atoms with Gasteiger partial charge in [-0.2, -0.15) is 13.2 Å². The molecule has 0 amide bonds. The van der Waals surface area contributed by atoms with E-state index in [0.717, 1.165) is 12.1 Å². The van der Waals surface area contributed by atoms with Crippen LogP contribution >= 0.6 is 0 Å². The smallest absolute Gasteiger partial charge is 0.310 e. The van der Waals surface area contributed by atoms with E-state index in [-0.39, 0.29) is 6.04 Å². The van der Waals surface area contributed by atoms with Crippen LogP contribution < -0.4 is 5.32 Å². The van der Waals surface area contributed by atoms with Crippen molar-refractivity contribution in [1.82, 2.24) is 10.2 Å². The summed E-state index contributed by atoms with van der Waals surface area (Å²) in [6, 6.07) is 3.78. The summed E-state index contributed by atoms with van der Waals surface area (Å²) in [5.41, 5.74) is 0.617. The zero-order valence-corrected chi connectivity index (χ0v) is 11.4. The summed E-state index contributed by atoms with van der Waals surface area (Å²) in [6.45, 7) is 0.272. The summed E-state index contributed by atoms with van der Waals surface area (Å²) in [4.78, 5) is 1.38. The van der Waals surface area contributed by atoms with Gasteiger partial charge in [0.2, 0.25) is 0 Å². The molecule has 0 bridgehead atoms. The Morgan fingerprint density at radius 2 is 1.76 bits per heavy atom. The minimum absolute atomic E-state index is 0.0996. The third-order valence-electron chi connectivity index (χ3n) is 3.57. The molecule has 2 rings (SSSR count). The average molecular weight is 308 g/mol. The first kappa shape index (κ1) is 16.2. The van der Waals surface area contributed by atoms with Crippen LogP contribution in [0.2, 0.25) is 0 Å². The van der Waals surface area contributed by atoms with Crippen LogP contribution in [0.3, 0.4) is 0 Å². The van der Waals surface area contributed by atoms with Gasteiger partial charge < -0.3 is 5.32 Å². The second kappa shape index (κ2) is 6.70. The fraction of sp³-hybridized carbons (Fsp3) is 0.571. The molecule has 0 atom stereocenters. The first-order chi connectivity index (χ1) is 9.83. The van der Waals surface area contributed by atoms with Gasteiger partial charge in [-0.3, -0.25) is 4.90 Å². The quantitative estimate of drug-likeness (QED) is 0.860. The largest absolute Gasteiger partial charge is 0.401 e. The van der Waals surface area contributed by atoms with Crippen molar-refractivity contribution in [1.29, 1.82) is 0 Å². The van der Waals surface area contributed by atoms with Crippen LogP contribution in [0.4, 0.5) is 22.0 Å². The van der Waals surface area contributed by atoms with E-state index >= 15 is 0 Å². The van der Waals surface area contributed by atoms with Crippen molar-refractivity contribution >= 4 is 0 Å². The van der Waals surface area contributed by atoms with E-state index < -0.39 is 24.4 Å². The molecular weight excluding hydrogens is 291 g/mol. The van der Waals surface area contributed by atoms with Gasteiger partial charge in [-0.15, -0.1) is 0 Å². The highest BCUT2D eigenvalue weighted by Gasteiger charge is 2.32. The van der Waals surface area contributed by atoms with Crippen LogP contribution in [0.1, 0.15) is 18.4 Å². The number of hydrogen-bond acceptors (Lipinski definition) is 2. The van der Waals surface area contributed by atoms with E-state index in [9.17, 15) is 22.0 Å². The van der Waals surface area contributed by atoms with Gasteiger partial charge in [-0.25, -0.2) is 8.78 Å². The average Bonchev–Trinajstić information content (AvgIpc) is 2.40. The van der Waals surface area contributed by atoms with E-state index in [1.807, 2.05) is 0 Å². The molecular formula is C14H17F5N2. The molecule has 118 valence electrons. The Hall–Kier alpha value is -1.21. The Kier molecular flexibility index (Phi) is 5.16. The maximum Gasteiger partial charge on any atom is 0.401 e. The van der Waals surface area contributed by atoms with Gasteiger partial charge in [0.1, 0.15) is 0 Å². The Morgan fingerprint density at radius 3 is 2.33 bits per heavy atom. The Labute approximate surface area is 119 Å². The van der Waals surface area contributed by atoms with Crippen molar-refractivity contribution in [3.05, 3.63) is 35.4 Å². The van der Waals surface area contributed by atoms with Crippen LogP contribution in [-0.2, 0) is 6.54 Å². The molecule has 0 saturated carbocycles. The lowest BCUT2D eigenvalue weighted by Crippen LogP contribution is -2.45. The number of alkyl halides is 3. The molecule has 0 radical (unpaired) electrons. The number of piperidine rings is 1. The van der Waals surface area contributed by atoms with Gasteiger partial charge in [-0.1, -0.05) is 6.07 Å². The molecule has 0 spiro atoms. The third-order valence-corrected chi connectivity index (χ3v) is 3.57. The van der Waals surface area contributed by atoms with Gasteiger partial charge in [0.05, 0.1) is 6.54 Å². The van der Waals surface area contributed by atoms with Crippen molar-refractivity contribution in [2.24, 2.45) is 0 Å². The van der Waals surface area contributed by atoms with Crippen LogP contribution in [0.5, 0.6) is 0 Å². The molecule has 0 unspecified atom stereocenters. The molecule has 7 heteroatoms. The minimum atomic E-state index is -4.16. The second-order valence-corrected chi connectivity index (χ2v) is 5.29. The van der Waals surface area contributed by atoms with E-state index in [2.05, 4.69) is 5.32 Å². The lowest BCUT2D eigenvalue weighted by molar-refractivity contribution is -0.148. The summed E-state index contributed by atoms with van der Waals surface area (Å²) in [5.74, 6) is -1.78. The fourth-order valence-corrected chi connectivity index (χ4v) is 2.46.